The van der Waals surface area contributed by atoms with E-state index < -0.39 is 38.7 Å². The van der Waals surface area contributed by atoms with E-state index in [-0.39, 0.29) is 25.8 Å². The molecule has 0 amide bonds. The minimum absolute atomic E-state index is 0.117. The van der Waals surface area contributed by atoms with Crippen molar-refractivity contribution in [1.82, 2.24) is 4.31 Å². The lowest BCUT2D eigenvalue weighted by molar-refractivity contribution is 0.0313. The normalized spacial score (nSPS) is 20.7. The summed E-state index contributed by atoms with van der Waals surface area (Å²) < 4.78 is 59.1. The molecule has 1 atom stereocenters. The van der Waals surface area contributed by atoms with Gasteiger partial charge in [-0.15, -0.1) is 0 Å². The third-order valence-electron chi connectivity index (χ3n) is 3.54. The maximum Gasteiger partial charge on any atom is 0.246 e. The molecule has 0 aromatic heterocycles. The van der Waals surface area contributed by atoms with E-state index in [1.807, 2.05) is 6.92 Å². The summed E-state index contributed by atoms with van der Waals surface area (Å²) in [4.78, 5) is -0.617. The summed E-state index contributed by atoms with van der Waals surface area (Å²) in [6.45, 7) is 1.49. The van der Waals surface area contributed by atoms with Gasteiger partial charge in [0.2, 0.25) is 10.0 Å². The second-order valence-electron chi connectivity index (χ2n) is 4.75. The van der Waals surface area contributed by atoms with E-state index >= 15 is 0 Å². The van der Waals surface area contributed by atoms with Gasteiger partial charge in [-0.05, 0) is 18.6 Å². The van der Waals surface area contributed by atoms with Crippen molar-refractivity contribution in [3.63, 3.8) is 0 Å². The van der Waals surface area contributed by atoms with Gasteiger partial charge >= 0.3 is 0 Å². The molecule has 0 aliphatic carbocycles. The number of aliphatic hydroxyl groups excluding tert-OH is 1. The summed E-state index contributed by atoms with van der Waals surface area (Å²) in [5, 5.41) is 8.99. The second-order valence-corrected chi connectivity index (χ2v) is 6.61. The van der Waals surface area contributed by atoms with E-state index in [2.05, 4.69) is 0 Å². The van der Waals surface area contributed by atoms with Crippen LogP contribution in [0.3, 0.4) is 0 Å². The van der Waals surface area contributed by atoms with E-state index in [1.54, 1.807) is 0 Å². The highest BCUT2D eigenvalue weighted by Crippen LogP contribution is 2.27. The molecule has 21 heavy (non-hydrogen) atoms. The summed E-state index contributed by atoms with van der Waals surface area (Å²) in [6, 6.07) is 1.36. The Kier molecular flexibility index (Phi) is 4.92. The van der Waals surface area contributed by atoms with Gasteiger partial charge in [-0.3, -0.25) is 0 Å². The van der Waals surface area contributed by atoms with Crippen LogP contribution in [0.15, 0.2) is 17.0 Å². The van der Waals surface area contributed by atoms with Crippen LogP contribution >= 0.6 is 0 Å². The average molecular weight is 321 g/mol. The number of ether oxygens (including phenoxy) is 1. The van der Waals surface area contributed by atoms with Crippen LogP contribution in [0.4, 0.5) is 8.78 Å². The molecule has 2 rings (SSSR count). The Morgan fingerprint density at radius 3 is 2.76 bits per heavy atom. The quantitative estimate of drug-likeness (QED) is 0.906. The van der Waals surface area contributed by atoms with E-state index in [4.69, 9.17) is 9.84 Å². The van der Waals surface area contributed by atoms with E-state index in [9.17, 15) is 17.2 Å². The number of aliphatic hydroxyl groups is 1. The number of morpholine rings is 1. The maximum absolute atomic E-state index is 14.2. The van der Waals surface area contributed by atoms with Crippen LogP contribution in [0.1, 0.15) is 18.9 Å². The number of benzene rings is 1. The summed E-state index contributed by atoms with van der Waals surface area (Å²) in [5.41, 5.74) is -0.641. The van der Waals surface area contributed by atoms with Gasteiger partial charge in [0.25, 0.3) is 0 Å². The lowest BCUT2D eigenvalue weighted by Gasteiger charge is -2.34. The molecule has 5 nitrogen and oxygen atoms in total. The van der Waals surface area contributed by atoms with E-state index in [0.717, 1.165) is 12.1 Å². The van der Waals surface area contributed by atoms with E-state index in [0.29, 0.717) is 6.42 Å². The number of rotatable bonds is 4. The van der Waals surface area contributed by atoms with Gasteiger partial charge in [-0.1, -0.05) is 6.92 Å². The van der Waals surface area contributed by atoms with Crippen molar-refractivity contribution < 1.29 is 27.0 Å². The number of sulfonamides is 1. The zero-order valence-corrected chi connectivity index (χ0v) is 12.4. The summed E-state index contributed by atoms with van der Waals surface area (Å²) in [6.07, 6.45) is 0.523. The lowest BCUT2D eigenvalue weighted by Crippen LogP contribution is -2.48. The summed E-state index contributed by atoms with van der Waals surface area (Å²) >= 11 is 0. The van der Waals surface area contributed by atoms with Crippen molar-refractivity contribution in [2.75, 3.05) is 19.8 Å². The summed E-state index contributed by atoms with van der Waals surface area (Å²) in [7, 11) is -4.10. The van der Waals surface area contributed by atoms with E-state index in [1.165, 1.54) is 4.31 Å². The Morgan fingerprint density at radius 2 is 2.14 bits per heavy atom. The molecule has 118 valence electrons. The first-order chi connectivity index (χ1) is 9.93. The molecule has 0 saturated carbocycles. The fourth-order valence-electron chi connectivity index (χ4n) is 2.32. The maximum atomic E-state index is 14.2. The minimum atomic E-state index is -4.10. The van der Waals surface area contributed by atoms with Gasteiger partial charge in [-0.2, -0.15) is 4.31 Å². The molecule has 1 aromatic rings. The monoisotopic (exact) mass is 321 g/mol. The molecule has 1 N–H and O–H groups in total. The van der Waals surface area contributed by atoms with Crippen LogP contribution in [-0.2, 0) is 21.4 Å². The number of hydrogen-bond acceptors (Lipinski definition) is 4. The van der Waals surface area contributed by atoms with Crippen LogP contribution < -0.4 is 0 Å². The van der Waals surface area contributed by atoms with Crippen LogP contribution in [0, 0.1) is 11.6 Å². The standard InChI is InChI=1S/C13H17F2NO4S/c1-2-9-8-20-6-5-16(9)21(18,19)12-4-3-11(14)10(7-17)13(12)15/h3-4,9,17H,2,5-8H2,1H3. The molecule has 1 aliphatic rings. The first kappa shape index (κ1) is 16.3. The molecule has 1 aromatic carbocycles. The summed E-state index contributed by atoms with van der Waals surface area (Å²) in [5.74, 6) is -2.21. The molecule has 1 unspecified atom stereocenters. The van der Waals surface area contributed by atoms with Gasteiger partial charge in [-0.25, -0.2) is 17.2 Å². The highest BCUT2D eigenvalue weighted by Gasteiger charge is 2.35. The molecule has 1 heterocycles. The fourth-order valence-corrected chi connectivity index (χ4v) is 4.08. The van der Waals surface area contributed by atoms with Crippen molar-refractivity contribution in [3.05, 3.63) is 29.3 Å². The van der Waals surface area contributed by atoms with Gasteiger partial charge in [0.1, 0.15) is 10.7 Å². The molecular weight excluding hydrogens is 304 g/mol. The fraction of sp³-hybridized carbons (Fsp3) is 0.538. The smallest absolute Gasteiger partial charge is 0.246 e. The Labute approximate surface area is 122 Å². The van der Waals surface area contributed by atoms with Gasteiger partial charge in [0.15, 0.2) is 5.82 Å². The third-order valence-corrected chi connectivity index (χ3v) is 5.51. The molecule has 1 aliphatic heterocycles. The lowest BCUT2D eigenvalue weighted by atomic mass is 10.2. The SMILES string of the molecule is CCC1COCCN1S(=O)(=O)c1ccc(F)c(CO)c1F. The van der Waals surface area contributed by atoms with Crippen molar-refractivity contribution in [2.24, 2.45) is 0 Å². The Hall–Kier alpha value is -1.09. The Morgan fingerprint density at radius 1 is 1.43 bits per heavy atom. The molecule has 1 fully saturated rings. The van der Waals surface area contributed by atoms with Crippen LogP contribution in [0.2, 0.25) is 0 Å². The topological polar surface area (TPSA) is 66.8 Å². The molecule has 0 spiro atoms. The molecule has 8 heteroatoms. The van der Waals surface area contributed by atoms with Crippen LogP contribution in [0.25, 0.3) is 0 Å². The molecule has 1 saturated heterocycles. The Balaban J connectivity index is 2.49. The minimum Gasteiger partial charge on any atom is -0.391 e. The largest absolute Gasteiger partial charge is 0.391 e. The zero-order valence-electron chi connectivity index (χ0n) is 11.6. The number of nitrogens with zero attached hydrogens (tertiary/aromatic N) is 1. The zero-order chi connectivity index (χ0) is 15.6. The van der Waals surface area contributed by atoms with Gasteiger partial charge in [0, 0.05) is 12.6 Å². The first-order valence-electron chi connectivity index (χ1n) is 6.60. The van der Waals surface area contributed by atoms with Gasteiger partial charge < -0.3 is 9.84 Å². The van der Waals surface area contributed by atoms with Crippen molar-refractivity contribution >= 4 is 10.0 Å². The predicted octanol–water partition coefficient (Wildman–Crippen LogP) is 1.26. The molecule has 0 bridgehead atoms. The molecular formula is C13H17F2NO4S. The van der Waals surface area contributed by atoms with Crippen molar-refractivity contribution in [1.29, 1.82) is 0 Å². The van der Waals surface area contributed by atoms with Crippen LogP contribution in [0.5, 0.6) is 0 Å². The average Bonchev–Trinajstić information content (AvgIpc) is 2.47. The second kappa shape index (κ2) is 6.35. The Bertz CT molecular complexity index is 621. The van der Waals surface area contributed by atoms with Crippen molar-refractivity contribution in [2.45, 2.75) is 30.9 Å². The third kappa shape index (κ3) is 2.94. The molecule has 0 radical (unpaired) electrons. The van der Waals surface area contributed by atoms with Crippen LogP contribution in [-0.4, -0.2) is 43.6 Å². The van der Waals surface area contributed by atoms with Gasteiger partial charge in [0.05, 0.1) is 25.4 Å². The predicted molar refractivity (Wildman–Crippen MR) is 71.1 cm³/mol. The highest BCUT2D eigenvalue weighted by molar-refractivity contribution is 7.89. The van der Waals surface area contributed by atoms with Crippen molar-refractivity contribution in [3.8, 4) is 0 Å². The first-order valence-corrected chi connectivity index (χ1v) is 8.04. The highest BCUT2D eigenvalue weighted by atomic mass is 32.2. The number of halogens is 2. The number of hydrogen-bond donors (Lipinski definition) is 1.